The van der Waals surface area contributed by atoms with Crippen LogP contribution in [0.3, 0.4) is 0 Å². The van der Waals surface area contributed by atoms with E-state index in [1.54, 1.807) is 112 Å². The first-order valence-corrected chi connectivity index (χ1v) is 48.9. The van der Waals surface area contributed by atoms with Gasteiger partial charge in [0.05, 0.1) is 22.8 Å². The topological polar surface area (TPSA) is 357 Å². The lowest BCUT2D eigenvalue weighted by atomic mass is 9.79. The monoisotopic (exact) mass is 1950 g/mol. The van der Waals surface area contributed by atoms with Crippen LogP contribution >= 0.6 is 0 Å². The molecule has 1 aliphatic carbocycles. The Hall–Kier alpha value is -13.1. The highest BCUT2D eigenvalue weighted by Crippen LogP contribution is 2.41. The van der Waals surface area contributed by atoms with Gasteiger partial charge < -0.3 is 82.0 Å². The fraction of sp³-hybridized carbons (Fsp3) is 0.450. The van der Waals surface area contributed by atoms with E-state index in [9.17, 15) is 76.3 Å². The molecule has 13 heterocycles. The van der Waals surface area contributed by atoms with Gasteiger partial charge in [-0.1, -0.05) is 76.2 Å². The number of piperazine rings is 4. The van der Waals surface area contributed by atoms with Crippen LogP contribution in [0, 0.1) is 28.7 Å². The number of furan rings is 4. The van der Waals surface area contributed by atoms with Gasteiger partial charge in [0.15, 0.2) is 45.4 Å². The van der Waals surface area contributed by atoms with E-state index < -0.39 is 23.4 Å². The highest BCUT2D eigenvalue weighted by atomic mass is 19.1. The third kappa shape index (κ3) is 22.7. The largest absolute Gasteiger partial charge is 0.449 e. The van der Waals surface area contributed by atoms with E-state index in [4.69, 9.17) is 37.4 Å². The second-order valence-electron chi connectivity index (χ2n) is 40.8. The first-order chi connectivity index (χ1) is 67.3. The molecule has 0 spiro atoms. The van der Waals surface area contributed by atoms with Gasteiger partial charge in [0.25, 0.3) is 47.3 Å². The standard InChI is InChI=1S/C29H36FN3O4.C28H32FN3O5.C27H30FN3O4.C25H28FN3O4/c1-17(2)21-13-22(19-7-9-20(30)10-8-19)31-23-14-25(37-26(21)23)28(36)33-12-11-32(16-18(33)3)27(35)24(34)15-29(4,5)6;1-17(2)21-14-22(19-4-6-20(29)7-5-19)30-23-15-24(37-25(21)23)26(33)32-11-10-31(16-18(32)3)27(34)28(35)8-12-36-13-9-28;1-16(2)20-13-21(18-5-7-19(28)8-6-18)29-22-14-23(35-24(20)22)25(32)31-12-11-30(15-17(31)3)26(33)27(34)9-4-10-27;1-14(2)19-11-20(17-5-7-18(26)8-6-17)27-21-12-22(33-23(19)21)25(32)29-10-9-28(13-15(29)3)24(31)16(4)30/h7-10,13-14,17-18,24,34H,11-12,15-16H2,1-6H3;4-7,14-15,17-18,35H,8-13,16H2,1-3H3;5-8,13-14,16-17,34H,4,9-12,15H2,1-3H3;5-8,11-12,14-16,30H,9-10,13H2,1-4H3/t18-,24-;18-;17-;15-,16-/m1111/s1. The number of carbonyl (C=O) groups is 8. The number of ether oxygens (including phenoxy) is 1. The lowest BCUT2D eigenvalue weighted by molar-refractivity contribution is -0.163. The summed E-state index contributed by atoms with van der Waals surface area (Å²) in [6.45, 7) is 36.2. The van der Waals surface area contributed by atoms with E-state index >= 15 is 0 Å². The number of fused-ring (bicyclic) bond motifs is 4. The van der Waals surface area contributed by atoms with E-state index in [1.165, 1.54) is 55.5 Å². The highest BCUT2D eigenvalue weighted by molar-refractivity contribution is 6.01. The molecule has 0 unspecified atom stereocenters. The predicted octanol–water partition coefficient (Wildman–Crippen LogP) is 17.4. The minimum absolute atomic E-state index is 0.114. The summed E-state index contributed by atoms with van der Waals surface area (Å²) in [6.07, 6.45) is 0.687. The van der Waals surface area contributed by atoms with Gasteiger partial charge in [-0.15, -0.1) is 0 Å². The molecule has 18 rings (SSSR count). The Morgan fingerprint density at radius 2 is 0.613 bits per heavy atom. The van der Waals surface area contributed by atoms with Crippen LogP contribution in [0.15, 0.2) is 163 Å². The maximum absolute atomic E-state index is 13.5. The maximum Gasteiger partial charge on any atom is 0.290 e. The van der Waals surface area contributed by atoms with Gasteiger partial charge in [0, 0.05) is 198 Å². The van der Waals surface area contributed by atoms with Gasteiger partial charge in [-0.3, -0.25) is 38.4 Å². The van der Waals surface area contributed by atoms with Gasteiger partial charge in [0.2, 0.25) is 0 Å². The van der Waals surface area contributed by atoms with Gasteiger partial charge in [-0.25, -0.2) is 37.5 Å². The third-order valence-corrected chi connectivity index (χ3v) is 27.4. The number of aliphatic hydroxyl groups is 4. The van der Waals surface area contributed by atoms with Crippen molar-refractivity contribution in [2.45, 2.75) is 221 Å². The molecule has 6 aliphatic rings. The number of rotatable bonds is 17. The number of halogens is 4. The number of nitrogens with zero attached hydrogens (tertiary/aromatic N) is 12. The van der Waals surface area contributed by atoms with Crippen molar-refractivity contribution in [2.24, 2.45) is 5.41 Å². The van der Waals surface area contributed by atoms with E-state index in [-0.39, 0.29) is 160 Å². The van der Waals surface area contributed by atoms with Crippen molar-refractivity contribution in [3.05, 3.63) is 214 Å². The summed E-state index contributed by atoms with van der Waals surface area (Å²) in [7, 11) is 0. The van der Waals surface area contributed by atoms with Crippen LogP contribution in [0.4, 0.5) is 17.6 Å². The summed E-state index contributed by atoms with van der Waals surface area (Å²) in [5.41, 5.74) is 11.3. The van der Waals surface area contributed by atoms with Gasteiger partial charge in [0.1, 0.15) is 68.7 Å². The molecule has 6 fully saturated rings. The second-order valence-corrected chi connectivity index (χ2v) is 40.8. The Kier molecular flexibility index (Phi) is 31.0. The van der Waals surface area contributed by atoms with Gasteiger partial charge in [-0.05, 0) is 211 Å². The molecule has 8 aromatic heterocycles. The summed E-state index contributed by atoms with van der Waals surface area (Å²) in [5, 5.41) is 41.2. The number of hydrogen-bond donors (Lipinski definition) is 4. The molecule has 4 N–H and O–H groups in total. The predicted molar refractivity (Wildman–Crippen MR) is 528 cm³/mol. The van der Waals surface area contributed by atoms with Crippen LogP contribution in [-0.2, 0) is 23.9 Å². The molecule has 5 aliphatic heterocycles. The molecule has 142 heavy (non-hydrogen) atoms. The Morgan fingerprint density at radius 1 is 0.366 bits per heavy atom. The Bertz CT molecular complexity index is 6660. The molecule has 12 aromatic rings. The molecule has 4 aromatic carbocycles. The maximum atomic E-state index is 13.5. The SMILES string of the molecule is CC(C)c1cc(-c2ccc(F)cc2)nc2cc(C(=O)N3CCN(C(=O)C4(O)CCC4)C[C@H]3C)oc12.CC(C)c1cc(-c2ccc(F)cc2)nc2cc(C(=O)N3CCN(C(=O)C4(O)CCOCC4)C[C@H]3C)oc12.CC(C)c1cc(-c2ccc(F)cc2)nc2cc(C(=O)N3CCN(C(=O)[C@@H](C)O)C[C@H]3C)oc12.CC(C)c1cc(-c2ccc(F)cc2)nc2cc(C(=O)N3CCN(C(=O)[C@H](O)CC(C)(C)C)C[C@H]3C)oc12. The number of amides is 8. The summed E-state index contributed by atoms with van der Waals surface area (Å²) in [4.78, 5) is 136. The van der Waals surface area contributed by atoms with Crippen molar-refractivity contribution >= 4 is 91.7 Å². The normalized spacial score (nSPS) is 18.7. The minimum Gasteiger partial charge on any atom is -0.449 e. The van der Waals surface area contributed by atoms with Crippen molar-refractivity contribution < 1.29 is 98.7 Å². The molecule has 33 heteroatoms. The molecule has 1 saturated carbocycles. The van der Waals surface area contributed by atoms with Crippen LogP contribution in [0.5, 0.6) is 0 Å². The van der Waals surface area contributed by atoms with Crippen molar-refractivity contribution in [1.82, 2.24) is 59.1 Å². The first-order valence-electron chi connectivity index (χ1n) is 48.9. The lowest BCUT2D eigenvalue weighted by Crippen LogP contribution is -2.61. The van der Waals surface area contributed by atoms with Crippen molar-refractivity contribution in [2.75, 3.05) is 91.8 Å². The average Bonchev–Trinajstić information content (AvgIpc) is 1.63. The van der Waals surface area contributed by atoms with E-state index in [2.05, 4.69) is 4.98 Å². The number of carbonyl (C=O) groups excluding carboxylic acids is 8. The fourth-order valence-corrected chi connectivity index (χ4v) is 19.1. The number of benzene rings is 4. The molecule has 0 bridgehead atoms. The van der Waals surface area contributed by atoms with E-state index in [0.29, 0.717) is 178 Å². The molecular weight excluding hydrogens is 1830 g/mol. The number of pyridine rings is 4. The average molecular weight is 1950 g/mol. The number of hydrogen-bond acceptors (Lipinski definition) is 21. The molecular formula is C109H126F4N12O17. The van der Waals surface area contributed by atoms with Crippen molar-refractivity contribution in [1.29, 1.82) is 0 Å². The number of aliphatic hydroxyl groups excluding tert-OH is 2. The van der Waals surface area contributed by atoms with E-state index in [0.717, 1.165) is 50.9 Å². The van der Waals surface area contributed by atoms with Crippen LogP contribution in [-0.4, -0.2) is 266 Å². The molecule has 752 valence electrons. The zero-order valence-electron chi connectivity index (χ0n) is 83.2. The highest BCUT2D eigenvalue weighted by Gasteiger charge is 2.48. The molecule has 6 atom stereocenters. The van der Waals surface area contributed by atoms with Gasteiger partial charge in [-0.2, -0.15) is 0 Å². The van der Waals surface area contributed by atoms with Gasteiger partial charge >= 0.3 is 0 Å². The Balaban J connectivity index is 0.000000143. The zero-order valence-corrected chi connectivity index (χ0v) is 83.2. The molecule has 29 nitrogen and oxygen atoms in total. The fourth-order valence-electron chi connectivity index (χ4n) is 19.1. The molecule has 5 saturated heterocycles. The molecule has 8 amide bonds. The van der Waals surface area contributed by atoms with Crippen LogP contribution in [0.1, 0.15) is 237 Å². The smallest absolute Gasteiger partial charge is 0.290 e. The second kappa shape index (κ2) is 42.6. The first kappa shape index (κ1) is 103. The summed E-state index contributed by atoms with van der Waals surface area (Å²) in [6, 6.07) is 38.0. The van der Waals surface area contributed by atoms with E-state index in [1.807, 2.05) is 128 Å². The van der Waals surface area contributed by atoms with Crippen LogP contribution in [0.2, 0.25) is 0 Å². The minimum atomic E-state index is -1.40. The van der Waals surface area contributed by atoms with Crippen molar-refractivity contribution in [3.63, 3.8) is 0 Å². The van der Waals surface area contributed by atoms with Crippen LogP contribution < -0.4 is 0 Å². The Labute approximate surface area is 822 Å². The Morgan fingerprint density at radius 3 is 0.845 bits per heavy atom. The summed E-state index contributed by atoms with van der Waals surface area (Å²) >= 11 is 0. The third-order valence-electron chi connectivity index (χ3n) is 27.4. The molecule has 0 radical (unpaired) electrons. The lowest BCUT2D eigenvalue weighted by Gasteiger charge is -2.44. The summed E-state index contributed by atoms with van der Waals surface area (Å²) in [5.74, 6) is -2.19. The zero-order chi connectivity index (χ0) is 102. The summed E-state index contributed by atoms with van der Waals surface area (Å²) < 4.78 is 83.1. The number of aromatic nitrogens is 4. The van der Waals surface area contributed by atoms with Crippen molar-refractivity contribution in [3.8, 4) is 45.0 Å². The quantitative estimate of drug-likeness (QED) is 0.0615. The van der Waals surface area contributed by atoms with Crippen LogP contribution in [0.25, 0.3) is 89.4 Å².